The molecule has 3 nitrogen and oxygen atoms in total. The van der Waals surface area contributed by atoms with Gasteiger partial charge in [0.25, 0.3) is 0 Å². The second-order valence-corrected chi connectivity index (χ2v) is 4.30. The number of benzene rings is 1. The Morgan fingerprint density at radius 3 is 2.71 bits per heavy atom. The zero-order chi connectivity index (χ0) is 12.8. The summed E-state index contributed by atoms with van der Waals surface area (Å²) >= 11 is 0. The molecule has 0 spiro atoms. The first-order chi connectivity index (χ1) is 8.13. The van der Waals surface area contributed by atoms with E-state index in [1.807, 2.05) is 0 Å². The number of rotatable bonds is 6. The molecule has 0 aliphatic heterocycles. The van der Waals surface area contributed by atoms with E-state index < -0.39 is 0 Å². The van der Waals surface area contributed by atoms with Gasteiger partial charge in [-0.25, -0.2) is 4.39 Å². The van der Waals surface area contributed by atoms with Crippen molar-refractivity contribution < 1.29 is 9.13 Å². The standard InChI is InChI=1S/C13H21FN2O/c1-4-9(2)11(16-15)8-10-6-5-7-12(17-3)13(10)14/h5-7,9,11,16H,4,8,15H2,1-3H3. The minimum Gasteiger partial charge on any atom is -0.494 e. The SMILES string of the molecule is CCC(C)C(Cc1cccc(OC)c1F)NN. The van der Waals surface area contributed by atoms with E-state index in [2.05, 4.69) is 19.3 Å². The first-order valence-electron chi connectivity index (χ1n) is 5.91. The molecule has 17 heavy (non-hydrogen) atoms. The lowest BCUT2D eigenvalue weighted by Gasteiger charge is -2.22. The highest BCUT2D eigenvalue weighted by atomic mass is 19.1. The Bertz CT molecular complexity index is 357. The van der Waals surface area contributed by atoms with Crippen molar-refractivity contribution in [2.24, 2.45) is 11.8 Å². The van der Waals surface area contributed by atoms with E-state index in [1.165, 1.54) is 7.11 Å². The molecule has 3 N–H and O–H groups in total. The van der Waals surface area contributed by atoms with Crippen LogP contribution in [0.4, 0.5) is 4.39 Å². The smallest absolute Gasteiger partial charge is 0.168 e. The fraction of sp³-hybridized carbons (Fsp3) is 0.538. The van der Waals surface area contributed by atoms with Crippen molar-refractivity contribution in [3.05, 3.63) is 29.6 Å². The highest BCUT2D eigenvalue weighted by Gasteiger charge is 2.18. The van der Waals surface area contributed by atoms with Gasteiger partial charge in [-0.05, 0) is 24.0 Å². The fourth-order valence-electron chi connectivity index (χ4n) is 1.82. The van der Waals surface area contributed by atoms with E-state index in [9.17, 15) is 4.39 Å². The van der Waals surface area contributed by atoms with Gasteiger partial charge in [-0.15, -0.1) is 0 Å². The maximum Gasteiger partial charge on any atom is 0.168 e. The largest absolute Gasteiger partial charge is 0.494 e. The highest BCUT2D eigenvalue weighted by Crippen LogP contribution is 2.22. The van der Waals surface area contributed by atoms with Crippen LogP contribution < -0.4 is 16.0 Å². The lowest BCUT2D eigenvalue weighted by atomic mass is 9.93. The lowest BCUT2D eigenvalue weighted by Crippen LogP contribution is -2.41. The Labute approximate surface area is 102 Å². The minimum atomic E-state index is -0.293. The summed E-state index contributed by atoms with van der Waals surface area (Å²) in [4.78, 5) is 0. The molecule has 0 aliphatic carbocycles. The maximum absolute atomic E-state index is 13.9. The Morgan fingerprint density at radius 2 is 2.18 bits per heavy atom. The number of hydrogen-bond acceptors (Lipinski definition) is 3. The molecule has 0 heterocycles. The van der Waals surface area contributed by atoms with Crippen LogP contribution in [0.25, 0.3) is 0 Å². The molecule has 1 rings (SSSR count). The number of ether oxygens (including phenoxy) is 1. The quantitative estimate of drug-likeness (QED) is 0.592. The van der Waals surface area contributed by atoms with Gasteiger partial charge in [0.2, 0.25) is 0 Å². The van der Waals surface area contributed by atoms with Crippen LogP contribution in [-0.2, 0) is 6.42 Å². The first-order valence-corrected chi connectivity index (χ1v) is 5.91. The average Bonchev–Trinajstić information content (AvgIpc) is 2.36. The lowest BCUT2D eigenvalue weighted by molar-refractivity contribution is 0.357. The van der Waals surface area contributed by atoms with Crippen LogP contribution in [-0.4, -0.2) is 13.2 Å². The van der Waals surface area contributed by atoms with Crippen LogP contribution in [0.2, 0.25) is 0 Å². The number of nitrogens with two attached hydrogens (primary N) is 1. The summed E-state index contributed by atoms with van der Waals surface area (Å²) < 4.78 is 18.9. The average molecular weight is 240 g/mol. The van der Waals surface area contributed by atoms with Crippen LogP contribution in [0, 0.1) is 11.7 Å². The topological polar surface area (TPSA) is 47.3 Å². The monoisotopic (exact) mass is 240 g/mol. The van der Waals surface area contributed by atoms with Crippen LogP contribution in [0.3, 0.4) is 0 Å². The number of nitrogens with one attached hydrogen (secondary N) is 1. The van der Waals surface area contributed by atoms with Gasteiger partial charge in [-0.2, -0.15) is 0 Å². The van der Waals surface area contributed by atoms with Crippen molar-refractivity contribution in [1.29, 1.82) is 0 Å². The molecule has 0 aliphatic rings. The second kappa shape index (κ2) is 6.57. The van der Waals surface area contributed by atoms with Crippen molar-refractivity contribution in [2.75, 3.05) is 7.11 Å². The third-order valence-corrected chi connectivity index (χ3v) is 3.25. The van der Waals surface area contributed by atoms with Crippen molar-refractivity contribution in [1.82, 2.24) is 5.43 Å². The predicted molar refractivity (Wildman–Crippen MR) is 67.2 cm³/mol. The van der Waals surface area contributed by atoms with Crippen LogP contribution in [0.1, 0.15) is 25.8 Å². The van der Waals surface area contributed by atoms with Crippen molar-refractivity contribution >= 4 is 0 Å². The van der Waals surface area contributed by atoms with Crippen molar-refractivity contribution in [3.8, 4) is 5.75 Å². The molecule has 2 unspecified atom stereocenters. The molecule has 2 atom stereocenters. The summed E-state index contributed by atoms with van der Waals surface area (Å²) in [6.45, 7) is 4.19. The summed E-state index contributed by atoms with van der Waals surface area (Å²) in [6.07, 6.45) is 1.56. The number of methoxy groups -OCH3 is 1. The van der Waals surface area contributed by atoms with Gasteiger partial charge < -0.3 is 4.74 Å². The Hall–Kier alpha value is -1.13. The van der Waals surface area contributed by atoms with Crippen LogP contribution >= 0.6 is 0 Å². The van der Waals surface area contributed by atoms with Crippen molar-refractivity contribution in [2.45, 2.75) is 32.7 Å². The molecular weight excluding hydrogens is 219 g/mol. The summed E-state index contributed by atoms with van der Waals surface area (Å²) in [7, 11) is 1.47. The molecule has 4 heteroatoms. The zero-order valence-electron chi connectivity index (χ0n) is 10.7. The summed E-state index contributed by atoms with van der Waals surface area (Å²) in [5, 5.41) is 0. The number of halogens is 1. The van der Waals surface area contributed by atoms with Gasteiger partial charge in [0, 0.05) is 6.04 Å². The molecule has 96 valence electrons. The highest BCUT2D eigenvalue weighted by molar-refractivity contribution is 5.31. The van der Waals surface area contributed by atoms with E-state index in [-0.39, 0.29) is 17.6 Å². The van der Waals surface area contributed by atoms with E-state index in [1.54, 1.807) is 18.2 Å². The summed E-state index contributed by atoms with van der Waals surface area (Å²) in [6, 6.07) is 5.25. The van der Waals surface area contributed by atoms with E-state index in [4.69, 9.17) is 10.6 Å². The van der Waals surface area contributed by atoms with Crippen molar-refractivity contribution in [3.63, 3.8) is 0 Å². The van der Waals surface area contributed by atoms with Crippen LogP contribution in [0.5, 0.6) is 5.75 Å². The van der Waals surface area contributed by atoms with Gasteiger partial charge in [0.1, 0.15) is 0 Å². The molecule has 0 aromatic heterocycles. The molecule has 0 amide bonds. The van der Waals surface area contributed by atoms with Gasteiger partial charge in [0.05, 0.1) is 7.11 Å². The molecular formula is C13H21FN2O. The van der Waals surface area contributed by atoms with E-state index >= 15 is 0 Å². The minimum absolute atomic E-state index is 0.0709. The molecule has 0 fully saturated rings. The number of hydrogen-bond donors (Lipinski definition) is 2. The van der Waals surface area contributed by atoms with Gasteiger partial charge >= 0.3 is 0 Å². The first kappa shape index (κ1) is 13.9. The number of hydrazine groups is 1. The Morgan fingerprint density at radius 1 is 1.47 bits per heavy atom. The van der Waals surface area contributed by atoms with Crippen LogP contribution in [0.15, 0.2) is 18.2 Å². The molecule has 0 radical (unpaired) electrons. The summed E-state index contributed by atoms with van der Waals surface area (Å²) in [5.41, 5.74) is 3.39. The van der Waals surface area contributed by atoms with E-state index in [0.717, 1.165) is 6.42 Å². The normalized spacial score (nSPS) is 14.4. The molecule has 0 saturated carbocycles. The molecule has 1 aromatic rings. The zero-order valence-corrected chi connectivity index (χ0v) is 10.7. The molecule has 0 saturated heterocycles. The van der Waals surface area contributed by atoms with Gasteiger partial charge in [-0.1, -0.05) is 32.4 Å². The van der Waals surface area contributed by atoms with Gasteiger partial charge in [0.15, 0.2) is 11.6 Å². The Balaban J connectivity index is 2.86. The third kappa shape index (κ3) is 3.41. The molecule has 1 aromatic carbocycles. The Kier molecular flexibility index (Phi) is 5.38. The molecule has 0 bridgehead atoms. The maximum atomic E-state index is 13.9. The van der Waals surface area contributed by atoms with Gasteiger partial charge in [-0.3, -0.25) is 11.3 Å². The fourth-order valence-corrected chi connectivity index (χ4v) is 1.82. The van der Waals surface area contributed by atoms with E-state index in [0.29, 0.717) is 17.9 Å². The predicted octanol–water partition coefficient (Wildman–Crippen LogP) is 2.25. The summed E-state index contributed by atoms with van der Waals surface area (Å²) in [5.74, 6) is 5.90. The third-order valence-electron chi connectivity index (χ3n) is 3.25. The second-order valence-electron chi connectivity index (χ2n) is 4.30.